The summed E-state index contributed by atoms with van der Waals surface area (Å²) >= 11 is 0. The third kappa shape index (κ3) is 3.41. The molecule has 0 aliphatic carbocycles. The van der Waals surface area contributed by atoms with Crippen molar-refractivity contribution in [3.8, 4) is 11.5 Å². The topological polar surface area (TPSA) is 66.6 Å². The van der Waals surface area contributed by atoms with Gasteiger partial charge in [-0.05, 0) is 18.6 Å². The second-order valence-electron chi connectivity index (χ2n) is 5.56. The SMILES string of the molecule is COc1cc(OC)cc(N2CC[C@@H](NC(=O)c3ccc[nH]3)C2)c1. The summed E-state index contributed by atoms with van der Waals surface area (Å²) in [5.74, 6) is 1.46. The first kappa shape index (κ1) is 15.3. The summed E-state index contributed by atoms with van der Waals surface area (Å²) in [5.41, 5.74) is 1.63. The number of ether oxygens (including phenoxy) is 2. The number of hydrogen-bond donors (Lipinski definition) is 2. The zero-order valence-corrected chi connectivity index (χ0v) is 13.3. The van der Waals surface area contributed by atoms with Crippen LogP contribution in [-0.4, -0.2) is 44.2 Å². The molecule has 0 saturated carbocycles. The molecule has 0 bridgehead atoms. The predicted octanol–water partition coefficient (Wildman–Crippen LogP) is 2.04. The Morgan fingerprint density at radius 2 is 2.00 bits per heavy atom. The van der Waals surface area contributed by atoms with Crippen LogP contribution in [0, 0.1) is 0 Å². The van der Waals surface area contributed by atoms with Gasteiger partial charge in [0.2, 0.25) is 0 Å². The van der Waals surface area contributed by atoms with Crippen molar-refractivity contribution >= 4 is 11.6 Å². The maximum Gasteiger partial charge on any atom is 0.267 e. The fraction of sp³-hybridized carbons (Fsp3) is 0.353. The van der Waals surface area contributed by atoms with Crippen molar-refractivity contribution in [2.24, 2.45) is 0 Å². The minimum Gasteiger partial charge on any atom is -0.497 e. The van der Waals surface area contributed by atoms with E-state index in [1.165, 1.54) is 0 Å². The van der Waals surface area contributed by atoms with Crippen LogP contribution >= 0.6 is 0 Å². The van der Waals surface area contributed by atoms with E-state index in [0.717, 1.165) is 36.7 Å². The Bertz CT molecular complexity index is 647. The van der Waals surface area contributed by atoms with Crippen molar-refractivity contribution in [3.63, 3.8) is 0 Å². The van der Waals surface area contributed by atoms with Gasteiger partial charge < -0.3 is 24.7 Å². The van der Waals surface area contributed by atoms with Crippen molar-refractivity contribution in [1.29, 1.82) is 0 Å². The van der Waals surface area contributed by atoms with E-state index >= 15 is 0 Å². The van der Waals surface area contributed by atoms with Crippen molar-refractivity contribution in [3.05, 3.63) is 42.2 Å². The Kier molecular flexibility index (Phi) is 4.41. The second kappa shape index (κ2) is 6.64. The molecule has 0 spiro atoms. The molecule has 2 aromatic rings. The number of nitrogens with zero attached hydrogens (tertiary/aromatic N) is 1. The molecule has 1 aliphatic heterocycles. The van der Waals surface area contributed by atoms with Gasteiger partial charge >= 0.3 is 0 Å². The largest absolute Gasteiger partial charge is 0.497 e. The molecule has 1 amide bonds. The van der Waals surface area contributed by atoms with E-state index in [1.54, 1.807) is 26.5 Å². The first-order valence-corrected chi connectivity index (χ1v) is 7.62. The molecule has 6 heteroatoms. The number of aromatic nitrogens is 1. The molecule has 6 nitrogen and oxygen atoms in total. The molecule has 1 atom stereocenters. The van der Waals surface area contributed by atoms with Crippen molar-refractivity contribution < 1.29 is 14.3 Å². The van der Waals surface area contributed by atoms with Crippen LogP contribution in [0.25, 0.3) is 0 Å². The molecular weight excluding hydrogens is 294 g/mol. The molecule has 1 aromatic carbocycles. The molecule has 122 valence electrons. The number of benzene rings is 1. The zero-order chi connectivity index (χ0) is 16.2. The lowest BCUT2D eigenvalue weighted by molar-refractivity contribution is 0.0936. The monoisotopic (exact) mass is 315 g/mol. The number of aromatic amines is 1. The Morgan fingerprint density at radius 1 is 1.26 bits per heavy atom. The van der Waals surface area contributed by atoms with E-state index < -0.39 is 0 Å². The fourth-order valence-electron chi connectivity index (χ4n) is 2.82. The number of amides is 1. The smallest absolute Gasteiger partial charge is 0.267 e. The van der Waals surface area contributed by atoms with Gasteiger partial charge in [-0.2, -0.15) is 0 Å². The van der Waals surface area contributed by atoms with Gasteiger partial charge in [-0.3, -0.25) is 4.79 Å². The van der Waals surface area contributed by atoms with Gasteiger partial charge in [0.15, 0.2) is 0 Å². The number of H-pyrrole nitrogens is 1. The van der Waals surface area contributed by atoms with Crippen LogP contribution < -0.4 is 19.7 Å². The molecule has 0 radical (unpaired) electrons. The van der Waals surface area contributed by atoms with E-state index in [4.69, 9.17) is 9.47 Å². The van der Waals surface area contributed by atoms with Crippen LogP contribution in [0.2, 0.25) is 0 Å². The van der Waals surface area contributed by atoms with E-state index in [2.05, 4.69) is 15.2 Å². The van der Waals surface area contributed by atoms with Gasteiger partial charge in [0.25, 0.3) is 5.91 Å². The summed E-state index contributed by atoms with van der Waals surface area (Å²) in [4.78, 5) is 17.3. The Balaban J connectivity index is 1.66. The highest BCUT2D eigenvalue weighted by molar-refractivity contribution is 5.92. The number of carbonyl (C=O) groups excluding carboxylic acids is 1. The normalized spacial score (nSPS) is 17.1. The van der Waals surface area contributed by atoms with Crippen LogP contribution in [0.15, 0.2) is 36.5 Å². The molecule has 2 N–H and O–H groups in total. The number of anilines is 1. The average molecular weight is 315 g/mol. The summed E-state index contributed by atoms with van der Waals surface area (Å²) in [7, 11) is 3.28. The molecule has 1 aromatic heterocycles. The molecular formula is C17H21N3O3. The van der Waals surface area contributed by atoms with Crippen LogP contribution in [0.1, 0.15) is 16.9 Å². The summed E-state index contributed by atoms with van der Waals surface area (Å²) in [5, 5.41) is 3.06. The van der Waals surface area contributed by atoms with Gasteiger partial charge in [-0.1, -0.05) is 0 Å². The van der Waals surface area contributed by atoms with E-state index in [9.17, 15) is 4.79 Å². The second-order valence-corrected chi connectivity index (χ2v) is 5.56. The Morgan fingerprint density at radius 3 is 2.61 bits per heavy atom. The average Bonchev–Trinajstić information content (AvgIpc) is 3.26. The van der Waals surface area contributed by atoms with Gasteiger partial charge in [-0.25, -0.2) is 0 Å². The first-order chi connectivity index (χ1) is 11.2. The molecule has 23 heavy (non-hydrogen) atoms. The lowest BCUT2D eigenvalue weighted by atomic mass is 10.2. The number of hydrogen-bond acceptors (Lipinski definition) is 4. The van der Waals surface area contributed by atoms with Gasteiger partial charge in [0.1, 0.15) is 17.2 Å². The third-order valence-electron chi connectivity index (χ3n) is 4.07. The number of rotatable bonds is 5. The first-order valence-electron chi connectivity index (χ1n) is 7.62. The van der Waals surface area contributed by atoms with E-state index in [-0.39, 0.29) is 11.9 Å². The predicted molar refractivity (Wildman–Crippen MR) is 88.4 cm³/mol. The van der Waals surface area contributed by atoms with Crippen molar-refractivity contribution in [2.45, 2.75) is 12.5 Å². The Hall–Kier alpha value is -2.63. The number of carbonyl (C=O) groups is 1. The lowest BCUT2D eigenvalue weighted by Gasteiger charge is -2.20. The molecule has 1 fully saturated rings. The van der Waals surface area contributed by atoms with Crippen molar-refractivity contribution in [2.75, 3.05) is 32.2 Å². The highest BCUT2D eigenvalue weighted by Crippen LogP contribution is 2.30. The summed E-state index contributed by atoms with van der Waals surface area (Å²) in [6, 6.07) is 9.54. The van der Waals surface area contributed by atoms with Crippen LogP contribution in [0.5, 0.6) is 11.5 Å². The molecule has 2 heterocycles. The summed E-state index contributed by atoms with van der Waals surface area (Å²) in [6.45, 7) is 1.65. The molecule has 1 aliphatic rings. The standard InChI is InChI=1S/C17H21N3O3/c1-22-14-8-13(9-15(10-14)23-2)20-7-5-12(11-20)19-17(21)16-4-3-6-18-16/h3-4,6,8-10,12,18H,5,7,11H2,1-2H3,(H,19,21)/t12-/m1/s1. The van der Waals surface area contributed by atoms with Gasteiger partial charge in [0.05, 0.1) is 14.2 Å². The summed E-state index contributed by atoms with van der Waals surface area (Å²) in [6.07, 6.45) is 2.66. The molecule has 0 unspecified atom stereocenters. The van der Waals surface area contributed by atoms with Crippen LogP contribution in [0.4, 0.5) is 5.69 Å². The zero-order valence-electron chi connectivity index (χ0n) is 13.3. The van der Waals surface area contributed by atoms with Crippen LogP contribution in [-0.2, 0) is 0 Å². The number of methoxy groups -OCH3 is 2. The van der Waals surface area contributed by atoms with Gasteiger partial charge in [-0.15, -0.1) is 0 Å². The highest BCUT2D eigenvalue weighted by Gasteiger charge is 2.25. The molecule has 1 saturated heterocycles. The van der Waals surface area contributed by atoms with E-state index in [1.807, 2.05) is 24.3 Å². The van der Waals surface area contributed by atoms with Crippen LogP contribution in [0.3, 0.4) is 0 Å². The highest BCUT2D eigenvalue weighted by atomic mass is 16.5. The lowest BCUT2D eigenvalue weighted by Crippen LogP contribution is -2.37. The minimum atomic E-state index is -0.0647. The maximum absolute atomic E-state index is 12.1. The van der Waals surface area contributed by atoms with E-state index in [0.29, 0.717) is 5.69 Å². The maximum atomic E-state index is 12.1. The summed E-state index contributed by atoms with van der Waals surface area (Å²) < 4.78 is 10.6. The third-order valence-corrected chi connectivity index (χ3v) is 4.07. The molecule has 3 rings (SSSR count). The fourth-order valence-corrected chi connectivity index (χ4v) is 2.82. The van der Waals surface area contributed by atoms with Gasteiger partial charge in [0, 0.05) is 49.2 Å². The van der Waals surface area contributed by atoms with Crippen molar-refractivity contribution in [1.82, 2.24) is 10.3 Å². The quantitative estimate of drug-likeness (QED) is 0.886. The Labute approximate surface area is 135 Å². The minimum absolute atomic E-state index is 0.0647. The number of nitrogens with one attached hydrogen (secondary N) is 2.